The van der Waals surface area contributed by atoms with Gasteiger partial charge in [-0.3, -0.25) is 0 Å². The number of ether oxygens (including phenoxy) is 1. The Hall–Kier alpha value is -0.0300. The first-order valence-corrected chi connectivity index (χ1v) is 5.02. The summed E-state index contributed by atoms with van der Waals surface area (Å²) < 4.78 is 4.94. The van der Waals surface area contributed by atoms with Gasteiger partial charge in [-0.05, 0) is 0 Å². The maximum absolute atomic E-state index is 9.24. The van der Waals surface area contributed by atoms with Crippen molar-refractivity contribution in [3.05, 3.63) is 12.7 Å². The molecule has 1 unspecified atom stereocenters. The lowest BCUT2D eigenvalue weighted by Crippen LogP contribution is -2.19. The van der Waals surface area contributed by atoms with Crippen LogP contribution in [0.25, 0.3) is 0 Å². The molecule has 3 nitrogen and oxygen atoms in total. The summed E-state index contributed by atoms with van der Waals surface area (Å²) in [5, 5.41) is 17.6. The third-order valence-corrected chi connectivity index (χ3v) is 2.18. The highest BCUT2D eigenvalue weighted by Crippen LogP contribution is 2.02. The molecular formula is C8H16O3S. The number of thioether (sulfide) groups is 1. The minimum Gasteiger partial charge on any atom is -0.394 e. The molecule has 0 amide bonds. The third kappa shape index (κ3) is 8.07. The van der Waals surface area contributed by atoms with Gasteiger partial charge in [-0.1, -0.05) is 6.08 Å². The van der Waals surface area contributed by atoms with Crippen molar-refractivity contribution in [3.63, 3.8) is 0 Å². The fourth-order valence-electron chi connectivity index (χ4n) is 0.619. The van der Waals surface area contributed by atoms with Crippen molar-refractivity contribution in [2.75, 3.05) is 31.3 Å². The molecule has 0 bridgehead atoms. The highest BCUT2D eigenvalue weighted by Gasteiger charge is 2.02. The highest BCUT2D eigenvalue weighted by molar-refractivity contribution is 7.99. The van der Waals surface area contributed by atoms with Gasteiger partial charge >= 0.3 is 0 Å². The molecule has 0 rings (SSSR count). The Morgan fingerprint density at radius 2 is 2.33 bits per heavy atom. The molecule has 72 valence electrons. The first-order valence-electron chi connectivity index (χ1n) is 3.86. The molecule has 0 spiro atoms. The maximum atomic E-state index is 9.24. The highest BCUT2D eigenvalue weighted by atomic mass is 32.2. The summed E-state index contributed by atoms with van der Waals surface area (Å²) >= 11 is 1.61. The lowest BCUT2D eigenvalue weighted by molar-refractivity contribution is 0.0311. The second-order valence-electron chi connectivity index (χ2n) is 2.28. The van der Waals surface area contributed by atoms with Crippen LogP contribution >= 0.6 is 11.8 Å². The smallest absolute Gasteiger partial charge is 0.0863 e. The summed E-state index contributed by atoms with van der Waals surface area (Å²) in [6, 6.07) is 0. The second kappa shape index (κ2) is 9.06. The van der Waals surface area contributed by atoms with Crippen molar-refractivity contribution in [2.45, 2.75) is 6.10 Å². The molecule has 0 aromatic rings. The normalized spacial score (nSPS) is 12.8. The molecule has 4 heteroatoms. The number of aliphatic hydroxyl groups excluding tert-OH is 2. The largest absolute Gasteiger partial charge is 0.394 e. The molecule has 0 aromatic heterocycles. The minimum atomic E-state index is -0.443. The van der Waals surface area contributed by atoms with E-state index < -0.39 is 6.10 Å². The number of hydrogen-bond donors (Lipinski definition) is 2. The van der Waals surface area contributed by atoms with Crippen LogP contribution in [0.2, 0.25) is 0 Å². The van der Waals surface area contributed by atoms with Gasteiger partial charge in [-0.25, -0.2) is 0 Å². The van der Waals surface area contributed by atoms with Gasteiger partial charge in [0.1, 0.15) is 0 Å². The Bertz CT molecular complexity index is 108. The average molecular weight is 192 g/mol. The van der Waals surface area contributed by atoms with E-state index in [0.717, 1.165) is 5.75 Å². The van der Waals surface area contributed by atoms with Crippen LogP contribution in [0, 0.1) is 0 Å². The standard InChI is InChI=1S/C8H16O3S/c1-2-5-12-7-8(10)6-11-4-3-9/h2,8-10H,1,3-7H2. The van der Waals surface area contributed by atoms with Crippen molar-refractivity contribution >= 4 is 11.8 Å². The van der Waals surface area contributed by atoms with Gasteiger partial charge in [-0.15, -0.1) is 6.58 Å². The molecule has 0 saturated carbocycles. The summed E-state index contributed by atoms with van der Waals surface area (Å²) in [5.41, 5.74) is 0. The van der Waals surface area contributed by atoms with E-state index in [1.165, 1.54) is 0 Å². The third-order valence-electron chi connectivity index (χ3n) is 1.09. The van der Waals surface area contributed by atoms with Crippen LogP contribution in [0.1, 0.15) is 0 Å². The number of rotatable bonds is 8. The van der Waals surface area contributed by atoms with Crippen molar-refractivity contribution in [2.24, 2.45) is 0 Å². The molecule has 0 fully saturated rings. The van der Waals surface area contributed by atoms with Gasteiger partial charge in [0.05, 0.1) is 25.9 Å². The van der Waals surface area contributed by atoms with E-state index in [2.05, 4.69) is 6.58 Å². The van der Waals surface area contributed by atoms with Crippen LogP contribution in [-0.2, 0) is 4.74 Å². The van der Waals surface area contributed by atoms with Crippen molar-refractivity contribution in [1.82, 2.24) is 0 Å². The molecule has 0 aliphatic rings. The van der Waals surface area contributed by atoms with Crippen molar-refractivity contribution in [1.29, 1.82) is 0 Å². The van der Waals surface area contributed by atoms with Gasteiger partial charge in [0, 0.05) is 11.5 Å². The van der Waals surface area contributed by atoms with E-state index in [-0.39, 0.29) is 6.61 Å². The molecule has 1 atom stereocenters. The SMILES string of the molecule is C=CCSCC(O)COCCO. The maximum Gasteiger partial charge on any atom is 0.0863 e. The molecule has 0 aliphatic heterocycles. The lowest BCUT2D eigenvalue weighted by atomic mass is 10.4. The first-order chi connectivity index (χ1) is 5.81. The molecule has 0 saturated heterocycles. The predicted molar refractivity (Wildman–Crippen MR) is 51.4 cm³/mol. The summed E-state index contributed by atoms with van der Waals surface area (Å²) in [7, 11) is 0. The van der Waals surface area contributed by atoms with Crippen LogP contribution in [-0.4, -0.2) is 47.6 Å². The molecule has 2 N–H and O–H groups in total. The van der Waals surface area contributed by atoms with E-state index in [0.29, 0.717) is 19.0 Å². The summed E-state index contributed by atoms with van der Waals surface area (Å²) in [6.07, 6.45) is 1.35. The molecule has 12 heavy (non-hydrogen) atoms. The summed E-state index contributed by atoms with van der Waals surface area (Å²) in [4.78, 5) is 0. The van der Waals surface area contributed by atoms with Crippen LogP contribution in [0.4, 0.5) is 0 Å². The quantitative estimate of drug-likeness (QED) is 0.428. The zero-order valence-electron chi connectivity index (χ0n) is 7.11. The van der Waals surface area contributed by atoms with Gasteiger partial charge in [0.2, 0.25) is 0 Å². The fourth-order valence-corrected chi connectivity index (χ4v) is 1.29. The van der Waals surface area contributed by atoms with Gasteiger partial charge in [0.25, 0.3) is 0 Å². The van der Waals surface area contributed by atoms with Gasteiger partial charge in [-0.2, -0.15) is 11.8 Å². The Morgan fingerprint density at radius 3 is 2.92 bits per heavy atom. The molecular weight excluding hydrogens is 176 g/mol. The van der Waals surface area contributed by atoms with E-state index in [1.807, 2.05) is 0 Å². The topological polar surface area (TPSA) is 49.7 Å². The van der Waals surface area contributed by atoms with E-state index in [4.69, 9.17) is 9.84 Å². The fraction of sp³-hybridized carbons (Fsp3) is 0.750. The first kappa shape index (κ1) is 12.0. The monoisotopic (exact) mass is 192 g/mol. The van der Waals surface area contributed by atoms with E-state index in [1.54, 1.807) is 17.8 Å². The lowest BCUT2D eigenvalue weighted by Gasteiger charge is -2.09. The van der Waals surface area contributed by atoms with Gasteiger partial charge < -0.3 is 14.9 Å². The zero-order chi connectivity index (χ0) is 9.23. The second-order valence-corrected chi connectivity index (χ2v) is 3.35. The molecule has 0 aliphatic carbocycles. The molecule has 0 radical (unpaired) electrons. The predicted octanol–water partition coefficient (Wildman–Crippen LogP) is 0.275. The Labute approximate surface area is 77.4 Å². The average Bonchev–Trinajstić information content (AvgIpc) is 2.06. The summed E-state index contributed by atoms with van der Waals surface area (Å²) in [5.74, 6) is 1.49. The Balaban J connectivity index is 3.09. The van der Waals surface area contributed by atoms with E-state index >= 15 is 0 Å². The minimum absolute atomic E-state index is 0.00647. The van der Waals surface area contributed by atoms with Crippen LogP contribution < -0.4 is 0 Å². The van der Waals surface area contributed by atoms with Gasteiger partial charge in [0.15, 0.2) is 0 Å². The summed E-state index contributed by atoms with van der Waals surface area (Å²) in [6.45, 7) is 4.16. The van der Waals surface area contributed by atoms with Crippen LogP contribution in [0.3, 0.4) is 0 Å². The van der Waals surface area contributed by atoms with Crippen LogP contribution in [0.15, 0.2) is 12.7 Å². The van der Waals surface area contributed by atoms with Crippen molar-refractivity contribution in [3.8, 4) is 0 Å². The molecule has 0 heterocycles. The Morgan fingerprint density at radius 1 is 1.58 bits per heavy atom. The Kier molecular flexibility index (Phi) is 9.04. The van der Waals surface area contributed by atoms with Crippen molar-refractivity contribution < 1.29 is 14.9 Å². The van der Waals surface area contributed by atoms with Crippen LogP contribution in [0.5, 0.6) is 0 Å². The number of hydrogen-bond acceptors (Lipinski definition) is 4. The zero-order valence-corrected chi connectivity index (χ0v) is 7.92. The number of aliphatic hydroxyl groups is 2. The molecule has 0 aromatic carbocycles. The van der Waals surface area contributed by atoms with E-state index in [9.17, 15) is 5.11 Å².